The van der Waals surface area contributed by atoms with E-state index in [0.29, 0.717) is 6.61 Å². The number of para-hydroxylation sites is 1. The van der Waals surface area contributed by atoms with Crippen LogP contribution in [-0.2, 0) is 18.2 Å². The molecule has 0 amide bonds. The van der Waals surface area contributed by atoms with E-state index in [1.54, 1.807) is 0 Å². The number of nitrogens with one attached hydrogen (secondary N) is 1. The van der Waals surface area contributed by atoms with Crippen molar-refractivity contribution in [1.82, 2.24) is 15.2 Å². The minimum Gasteiger partial charge on any atom is -0.380 e. The van der Waals surface area contributed by atoms with Gasteiger partial charge in [-0.15, -0.1) is 0 Å². The third-order valence-electron chi connectivity index (χ3n) is 3.18. The molecule has 5 nitrogen and oxygen atoms in total. The Kier molecular flexibility index (Phi) is 4.90. The van der Waals surface area contributed by atoms with Crippen LogP contribution in [0, 0.1) is 0 Å². The van der Waals surface area contributed by atoms with Crippen molar-refractivity contribution in [2.45, 2.75) is 25.8 Å². The zero-order valence-corrected chi connectivity index (χ0v) is 11.6. The minimum atomic E-state index is 0.0878. The van der Waals surface area contributed by atoms with Crippen molar-refractivity contribution in [3.05, 3.63) is 30.0 Å². The molecule has 3 N–H and O–H groups in total. The quantitative estimate of drug-likeness (QED) is 0.449. The summed E-state index contributed by atoms with van der Waals surface area (Å²) >= 11 is 0. The van der Waals surface area contributed by atoms with Crippen molar-refractivity contribution < 1.29 is 4.74 Å². The molecule has 2 rings (SSSR count). The molecule has 2 aromatic rings. The summed E-state index contributed by atoms with van der Waals surface area (Å²) in [5, 5.41) is 5.75. The van der Waals surface area contributed by atoms with Crippen molar-refractivity contribution >= 4 is 10.9 Å². The second-order valence-electron chi connectivity index (χ2n) is 4.73. The van der Waals surface area contributed by atoms with Gasteiger partial charge in [-0.1, -0.05) is 25.1 Å². The standard InChI is InChI=1S/C14H22N4O/c1-3-8-19-10-11(16-15)9-13-12-6-4-5-7-14(12)18(2)17-13/h4-7,11,16H,3,8-10,15H2,1-2H3. The molecule has 0 saturated carbocycles. The van der Waals surface area contributed by atoms with Gasteiger partial charge in [-0.2, -0.15) is 5.10 Å². The lowest BCUT2D eigenvalue weighted by molar-refractivity contribution is 0.111. The smallest absolute Gasteiger partial charge is 0.0720 e. The topological polar surface area (TPSA) is 65.1 Å². The first-order chi connectivity index (χ1) is 9.26. The van der Waals surface area contributed by atoms with Gasteiger partial charge >= 0.3 is 0 Å². The summed E-state index contributed by atoms with van der Waals surface area (Å²) < 4.78 is 7.46. The zero-order chi connectivity index (χ0) is 13.7. The average Bonchev–Trinajstić information content (AvgIpc) is 2.75. The van der Waals surface area contributed by atoms with Crippen LogP contribution >= 0.6 is 0 Å². The third-order valence-corrected chi connectivity index (χ3v) is 3.18. The number of hydrogen-bond acceptors (Lipinski definition) is 4. The molecule has 1 unspecified atom stereocenters. The van der Waals surface area contributed by atoms with E-state index in [1.807, 2.05) is 23.9 Å². The van der Waals surface area contributed by atoms with Crippen LogP contribution < -0.4 is 11.3 Å². The fourth-order valence-corrected chi connectivity index (χ4v) is 2.21. The Morgan fingerprint density at radius 1 is 1.42 bits per heavy atom. The van der Waals surface area contributed by atoms with E-state index in [0.717, 1.165) is 30.7 Å². The normalized spacial score (nSPS) is 13.0. The lowest BCUT2D eigenvalue weighted by Crippen LogP contribution is -2.40. The molecule has 0 saturated heterocycles. The van der Waals surface area contributed by atoms with Crippen LogP contribution in [0.2, 0.25) is 0 Å². The van der Waals surface area contributed by atoms with E-state index < -0.39 is 0 Å². The average molecular weight is 262 g/mol. The first-order valence-electron chi connectivity index (χ1n) is 6.70. The van der Waals surface area contributed by atoms with Crippen LogP contribution in [-0.4, -0.2) is 29.0 Å². The van der Waals surface area contributed by atoms with E-state index in [4.69, 9.17) is 10.6 Å². The van der Waals surface area contributed by atoms with Crippen molar-refractivity contribution in [3.8, 4) is 0 Å². The first-order valence-corrected chi connectivity index (χ1v) is 6.70. The largest absolute Gasteiger partial charge is 0.380 e. The number of ether oxygens (including phenoxy) is 1. The summed E-state index contributed by atoms with van der Waals surface area (Å²) in [5.74, 6) is 5.59. The molecule has 1 aromatic carbocycles. The summed E-state index contributed by atoms with van der Waals surface area (Å²) in [6.07, 6.45) is 1.78. The molecule has 0 aliphatic heterocycles. The van der Waals surface area contributed by atoms with Crippen LogP contribution in [0.4, 0.5) is 0 Å². The number of aryl methyl sites for hydroxylation is 1. The van der Waals surface area contributed by atoms with Gasteiger partial charge in [0.2, 0.25) is 0 Å². The molecule has 0 bridgehead atoms. The van der Waals surface area contributed by atoms with Gasteiger partial charge in [-0.05, 0) is 12.5 Å². The number of fused-ring (bicyclic) bond motifs is 1. The molecular formula is C14H22N4O. The highest BCUT2D eigenvalue weighted by molar-refractivity contribution is 5.81. The summed E-state index contributed by atoms with van der Waals surface area (Å²) in [6.45, 7) is 3.47. The Hall–Kier alpha value is -1.43. The fraction of sp³-hybridized carbons (Fsp3) is 0.500. The van der Waals surface area contributed by atoms with Crippen LogP contribution in [0.15, 0.2) is 24.3 Å². The highest BCUT2D eigenvalue weighted by Gasteiger charge is 2.14. The molecule has 0 radical (unpaired) electrons. The maximum absolute atomic E-state index is 5.59. The molecule has 104 valence electrons. The molecule has 0 aliphatic rings. The van der Waals surface area contributed by atoms with Crippen LogP contribution in [0.5, 0.6) is 0 Å². The Bertz CT molecular complexity index is 523. The maximum atomic E-state index is 5.59. The second-order valence-corrected chi connectivity index (χ2v) is 4.73. The van der Waals surface area contributed by atoms with E-state index in [2.05, 4.69) is 29.6 Å². The van der Waals surface area contributed by atoms with E-state index in [-0.39, 0.29) is 6.04 Å². The second kappa shape index (κ2) is 6.65. The molecule has 0 spiro atoms. The summed E-state index contributed by atoms with van der Waals surface area (Å²) in [6, 6.07) is 8.32. The van der Waals surface area contributed by atoms with Gasteiger partial charge in [0.1, 0.15) is 0 Å². The number of nitrogens with zero attached hydrogens (tertiary/aromatic N) is 2. The summed E-state index contributed by atoms with van der Waals surface area (Å²) in [7, 11) is 1.96. The summed E-state index contributed by atoms with van der Waals surface area (Å²) in [4.78, 5) is 0. The van der Waals surface area contributed by atoms with E-state index >= 15 is 0 Å². The van der Waals surface area contributed by atoms with Crippen molar-refractivity contribution in [3.63, 3.8) is 0 Å². The molecule has 1 aromatic heterocycles. The lowest BCUT2D eigenvalue weighted by Gasteiger charge is -2.14. The van der Waals surface area contributed by atoms with Gasteiger partial charge < -0.3 is 4.74 Å². The van der Waals surface area contributed by atoms with E-state index in [9.17, 15) is 0 Å². The highest BCUT2D eigenvalue weighted by Crippen LogP contribution is 2.18. The molecule has 1 atom stereocenters. The van der Waals surface area contributed by atoms with Crippen molar-refractivity contribution in [2.75, 3.05) is 13.2 Å². The Morgan fingerprint density at radius 2 is 2.21 bits per heavy atom. The van der Waals surface area contributed by atoms with Gasteiger partial charge in [-0.25, -0.2) is 0 Å². The predicted molar refractivity (Wildman–Crippen MR) is 76.6 cm³/mol. The molecule has 0 aliphatic carbocycles. The van der Waals surface area contributed by atoms with Gasteiger partial charge in [0.05, 0.1) is 23.9 Å². The third kappa shape index (κ3) is 3.32. The van der Waals surface area contributed by atoms with Crippen molar-refractivity contribution in [2.24, 2.45) is 12.9 Å². The predicted octanol–water partition coefficient (Wildman–Crippen LogP) is 1.37. The minimum absolute atomic E-state index is 0.0878. The first kappa shape index (κ1) is 14.0. The SMILES string of the molecule is CCCOCC(Cc1nn(C)c2ccccc12)NN. The van der Waals surface area contributed by atoms with Crippen LogP contribution in [0.25, 0.3) is 10.9 Å². The highest BCUT2D eigenvalue weighted by atomic mass is 16.5. The monoisotopic (exact) mass is 262 g/mol. The number of rotatable bonds is 7. The number of nitrogens with two attached hydrogens (primary N) is 1. The number of aromatic nitrogens is 2. The number of hydrazine groups is 1. The van der Waals surface area contributed by atoms with Crippen LogP contribution in [0.1, 0.15) is 19.0 Å². The summed E-state index contributed by atoms with van der Waals surface area (Å²) in [5.41, 5.74) is 5.01. The van der Waals surface area contributed by atoms with Crippen LogP contribution in [0.3, 0.4) is 0 Å². The Morgan fingerprint density at radius 3 is 2.95 bits per heavy atom. The number of benzene rings is 1. The molecule has 1 heterocycles. The van der Waals surface area contributed by atoms with Gasteiger partial charge in [0.15, 0.2) is 0 Å². The van der Waals surface area contributed by atoms with Gasteiger partial charge in [-0.3, -0.25) is 16.0 Å². The Balaban J connectivity index is 2.11. The molecule has 5 heteroatoms. The zero-order valence-electron chi connectivity index (χ0n) is 11.6. The van der Waals surface area contributed by atoms with E-state index in [1.165, 1.54) is 5.39 Å². The molecule has 0 fully saturated rings. The maximum Gasteiger partial charge on any atom is 0.0720 e. The molecular weight excluding hydrogens is 240 g/mol. The molecule has 19 heavy (non-hydrogen) atoms. The fourth-order valence-electron chi connectivity index (χ4n) is 2.21. The van der Waals surface area contributed by atoms with Gasteiger partial charge in [0, 0.05) is 25.5 Å². The number of hydrogen-bond donors (Lipinski definition) is 2. The lowest BCUT2D eigenvalue weighted by atomic mass is 10.1. The Labute approximate surface area is 113 Å². The van der Waals surface area contributed by atoms with Crippen molar-refractivity contribution in [1.29, 1.82) is 0 Å². The van der Waals surface area contributed by atoms with Gasteiger partial charge in [0.25, 0.3) is 0 Å².